The minimum Gasteiger partial charge on any atom is -0.352 e. The number of hydrogen-bond acceptors (Lipinski definition) is 5. The van der Waals surface area contributed by atoms with Crippen molar-refractivity contribution >= 4 is 34.7 Å². The van der Waals surface area contributed by atoms with Crippen molar-refractivity contribution in [2.75, 3.05) is 19.6 Å². The van der Waals surface area contributed by atoms with Crippen molar-refractivity contribution < 1.29 is 36.7 Å². The largest absolute Gasteiger partial charge is 0.417 e. The van der Waals surface area contributed by atoms with E-state index in [4.69, 9.17) is 0 Å². The maximum Gasteiger partial charge on any atom is 0.417 e. The van der Waals surface area contributed by atoms with Gasteiger partial charge in [-0.2, -0.15) is 13.2 Å². The molecule has 4 amide bonds. The number of rotatable bonds is 6. The second-order valence-electron chi connectivity index (χ2n) is 9.32. The Bertz CT molecular complexity index is 1120. The number of likely N-dealkylation sites (tertiary alicyclic amines) is 1. The molecule has 4 rings (SSSR count). The van der Waals surface area contributed by atoms with Crippen LogP contribution < -0.4 is 5.32 Å². The van der Waals surface area contributed by atoms with Crippen molar-refractivity contribution in [3.63, 3.8) is 0 Å². The van der Waals surface area contributed by atoms with Gasteiger partial charge in [-0.25, -0.2) is 4.39 Å². The van der Waals surface area contributed by atoms with Gasteiger partial charge in [0.2, 0.25) is 5.91 Å². The van der Waals surface area contributed by atoms with Gasteiger partial charge < -0.3 is 10.2 Å². The Morgan fingerprint density at radius 3 is 2.44 bits per heavy atom. The Hall–Kier alpha value is -2.89. The smallest absolute Gasteiger partial charge is 0.352 e. The number of benzene rings is 1. The molecular weight excluding hydrogens is 502 g/mol. The molecule has 1 aromatic rings. The first-order chi connectivity index (χ1) is 16.9. The van der Waals surface area contributed by atoms with Crippen LogP contribution in [0.15, 0.2) is 28.7 Å². The molecule has 1 unspecified atom stereocenters. The molecule has 7 nitrogen and oxygen atoms in total. The zero-order valence-electron chi connectivity index (χ0n) is 19.5. The molecule has 1 aliphatic carbocycles. The fourth-order valence-electron chi connectivity index (χ4n) is 4.45. The molecule has 1 saturated carbocycles. The summed E-state index contributed by atoms with van der Waals surface area (Å²) in [5, 5.41) is 2.24. The van der Waals surface area contributed by atoms with Crippen LogP contribution in [-0.2, 0) is 15.8 Å². The molecule has 0 aromatic heterocycles. The fourth-order valence-corrected chi connectivity index (χ4v) is 5.42. The highest BCUT2D eigenvalue weighted by molar-refractivity contribution is 8.18. The lowest BCUT2D eigenvalue weighted by Crippen LogP contribution is -2.43. The monoisotopic (exact) mass is 527 g/mol. The van der Waals surface area contributed by atoms with E-state index in [1.165, 1.54) is 4.90 Å². The second kappa shape index (κ2) is 10.2. The number of alkyl halides is 3. The summed E-state index contributed by atoms with van der Waals surface area (Å²) in [5.74, 6) is -2.31. The molecule has 12 heteroatoms. The number of thioether (sulfide) groups is 1. The summed E-state index contributed by atoms with van der Waals surface area (Å²) in [5.41, 5.74) is -1.39. The number of halogens is 4. The molecule has 2 aliphatic heterocycles. The number of carbonyl (C=O) groups is 4. The van der Waals surface area contributed by atoms with Gasteiger partial charge in [-0.1, -0.05) is 12.8 Å². The minimum absolute atomic E-state index is 0.00662. The van der Waals surface area contributed by atoms with Crippen molar-refractivity contribution in [2.24, 2.45) is 5.92 Å². The third-order valence-corrected chi connectivity index (χ3v) is 7.50. The molecule has 1 aromatic carbocycles. The molecular formula is C24H25F4N3O4S. The van der Waals surface area contributed by atoms with Crippen molar-refractivity contribution in [3.8, 4) is 0 Å². The van der Waals surface area contributed by atoms with Crippen molar-refractivity contribution in [1.82, 2.24) is 15.1 Å². The molecule has 2 saturated heterocycles. The van der Waals surface area contributed by atoms with Crippen molar-refractivity contribution in [3.05, 3.63) is 45.6 Å². The number of amides is 4. The standard InChI is InChI=1S/C24H25F4N3O4S/c1-13(10-14-2-3-14)29-19(32)12-31-22(34)20(36-23(31)35)15-6-8-30(9-7-15)21(33)17-11-16(25)4-5-18(17)24(26,27)28/h4-5,11,13-14H,2-3,6-10,12H2,1H3,(H,29,32). The number of carbonyl (C=O) groups excluding carboxylic acids is 4. The lowest BCUT2D eigenvalue weighted by Gasteiger charge is -2.30. The van der Waals surface area contributed by atoms with E-state index in [9.17, 15) is 36.7 Å². The molecule has 36 heavy (non-hydrogen) atoms. The first kappa shape index (κ1) is 26.2. The van der Waals surface area contributed by atoms with Crippen LogP contribution >= 0.6 is 11.8 Å². The van der Waals surface area contributed by atoms with E-state index in [1.807, 2.05) is 6.92 Å². The van der Waals surface area contributed by atoms with Gasteiger partial charge in [0.05, 0.1) is 16.0 Å². The highest BCUT2D eigenvalue weighted by atomic mass is 32.2. The fraction of sp³-hybridized carbons (Fsp3) is 0.500. The second-order valence-corrected chi connectivity index (χ2v) is 10.3. The maximum atomic E-state index is 13.6. The van der Waals surface area contributed by atoms with E-state index in [0.29, 0.717) is 29.7 Å². The summed E-state index contributed by atoms with van der Waals surface area (Å²) >= 11 is 0.719. The number of nitrogens with one attached hydrogen (secondary N) is 1. The topological polar surface area (TPSA) is 86.8 Å². The summed E-state index contributed by atoms with van der Waals surface area (Å²) < 4.78 is 53.5. The van der Waals surface area contributed by atoms with Crippen LogP contribution in [0.25, 0.3) is 0 Å². The van der Waals surface area contributed by atoms with Crippen LogP contribution in [0, 0.1) is 11.7 Å². The van der Waals surface area contributed by atoms with Gasteiger partial charge in [0.1, 0.15) is 12.4 Å². The van der Waals surface area contributed by atoms with Gasteiger partial charge in [-0.3, -0.25) is 24.1 Å². The number of nitrogens with zero attached hydrogens (tertiary/aromatic N) is 2. The van der Waals surface area contributed by atoms with Crippen molar-refractivity contribution in [1.29, 1.82) is 0 Å². The Morgan fingerprint density at radius 2 is 1.83 bits per heavy atom. The van der Waals surface area contributed by atoms with Crippen LogP contribution in [0.1, 0.15) is 54.9 Å². The van der Waals surface area contributed by atoms with Crippen LogP contribution in [-0.4, -0.2) is 58.4 Å². The van der Waals surface area contributed by atoms with E-state index < -0.39 is 46.1 Å². The highest BCUT2D eigenvalue weighted by Gasteiger charge is 2.40. The van der Waals surface area contributed by atoms with Gasteiger partial charge in [0, 0.05) is 19.1 Å². The Kier molecular flexibility index (Phi) is 7.44. The number of piperidine rings is 1. The van der Waals surface area contributed by atoms with E-state index in [0.717, 1.165) is 35.9 Å². The molecule has 0 radical (unpaired) electrons. The average Bonchev–Trinajstić information content (AvgIpc) is 3.58. The predicted octanol–water partition coefficient (Wildman–Crippen LogP) is 4.33. The van der Waals surface area contributed by atoms with E-state index in [2.05, 4.69) is 5.32 Å². The first-order valence-electron chi connectivity index (χ1n) is 11.6. The minimum atomic E-state index is -4.82. The van der Waals surface area contributed by atoms with Gasteiger partial charge >= 0.3 is 6.18 Å². The van der Waals surface area contributed by atoms with Crippen LogP contribution in [0.2, 0.25) is 0 Å². The third kappa shape index (κ3) is 5.91. The molecule has 0 bridgehead atoms. The van der Waals surface area contributed by atoms with Crippen LogP contribution in [0.3, 0.4) is 0 Å². The SMILES string of the molecule is CC(CC1CC1)NC(=O)CN1C(=O)SC(=C2CCN(C(=O)c3cc(F)ccc3C(F)(F)F)CC2)C1=O. The number of imide groups is 1. The van der Waals surface area contributed by atoms with Gasteiger partial charge in [0.25, 0.3) is 17.1 Å². The Balaban J connectivity index is 1.39. The zero-order chi connectivity index (χ0) is 26.2. The third-order valence-electron chi connectivity index (χ3n) is 6.43. The molecule has 1 atom stereocenters. The van der Waals surface area contributed by atoms with Gasteiger partial charge in [-0.15, -0.1) is 0 Å². The van der Waals surface area contributed by atoms with Gasteiger partial charge in [-0.05, 0) is 67.6 Å². The normalized spacial score (nSPS) is 19.7. The molecule has 3 fully saturated rings. The summed E-state index contributed by atoms with van der Waals surface area (Å²) in [4.78, 5) is 52.6. The summed E-state index contributed by atoms with van der Waals surface area (Å²) in [6.45, 7) is 1.50. The predicted molar refractivity (Wildman–Crippen MR) is 123 cm³/mol. The van der Waals surface area contributed by atoms with Crippen molar-refractivity contribution in [2.45, 2.75) is 51.2 Å². The molecule has 3 aliphatic rings. The maximum absolute atomic E-state index is 13.6. The van der Waals surface area contributed by atoms with E-state index >= 15 is 0 Å². The van der Waals surface area contributed by atoms with Crippen LogP contribution in [0.5, 0.6) is 0 Å². The summed E-state index contributed by atoms with van der Waals surface area (Å²) in [6.07, 6.45) is -1.34. The quantitative estimate of drug-likeness (QED) is 0.440. The molecule has 0 spiro atoms. The lowest BCUT2D eigenvalue weighted by atomic mass is 10.00. The summed E-state index contributed by atoms with van der Waals surface area (Å²) in [6, 6.07) is 1.71. The van der Waals surface area contributed by atoms with Gasteiger partial charge in [0.15, 0.2) is 0 Å². The molecule has 194 valence electrons. The molecule has 1 N–H and O–H groups in total. The zero-order valence-corrected chi connectivity index (χ0v) is 20.3. The lowest BCUT2D eigenvalue weighted by molar-refractivity contribution is -0.138. The van der Waals surface area contributed by atoms with Crippen LogP contribution in [0.4, 0.5) is 22.4 Å². The highest BCUT2D eigenvalue weighted by Crippen LogP contribution is 2.38. The Labute approximate surface area is 209 Å². The average molecular weight is 528 g/mol. The number of hydrogen-bond donors (Lipinski definition) is 1. The first-order valence-corrected chi connectivity index (χ1v) is 12.5. The molecule has 2 heterocycles. The van der Waals surface area contributed by atoms with E-state index in [-0.39, 0.29) is 43.4 Å². The Morgan fingerprint density at radius 1 is 1.17 bits per heavy atom. The summed E-state index contributed by atoms with van der Waals surface area (Å²) in [7, 11) is 0. The van der Waals surface area contributed by atoms with E-state index in [1.54, 1.807) is 0 Å².